The first-order valence-corrected chi connectivity index (χ1v) is 10.9. The maximum absolute atomic E-state index is 13.6. The van der Waals surface area contributed by atoms with Gasteiger partial charge in [-0.05, 0) is 69.7 Å². The van der Waals surface area contributed by atoms with E-state index in [9.17, 15) is 9.59 Å². The van der Waals surface area contributed by atoms with Crippen LogP contribution in [0.25, 0.3) is 0 Å². The number of carbonyl (C=O) groups excluding carboxylic acids is 2. The molecule has 0 aromatic carbocycles. The summed E-state index contributed by atoms with van der Waals surface area (Å²) in [5.41, 5.74) is -2.00. The molecule has 0 radical (unpaired) electrons. The van der Waals surface area contributed by atoms with Gasteiger partial charge in [-0.3, -0.25) is 9.69 Å². The van der Waals surface area contributed by atoms with E-state index in [2.05, 4.69) is 31.1 Å². The minimum Gasteiger partial charge on any atom is -0.442 e. The van der Waals surface area contributed by atoms with Crippen molar-refractivity contribution in [2.75, 3.05) is 27.2 Å². The first-order valence-electron chi connectivity index (χ1n) is 9.19. The van der Waals surface area contributed by atoms with Crippen molar-refractivity contribution >= 4 is 45.2 Å². The zero-order valence-electron chi connectivity index (χ0n) is 17.1. The SMILES string of the molecule is CN1CCC2(C1)C(=O)N(C)/C(=N\C(=O)OC(C)(C)C)N[C@]2(C)c1cc(Br)cs1. The number of thiophene rings is 1. The van der Waals surface area contributed by atoms with Crippen LogP contribution >= 0.6 is 27.3 Å². The van der Waals surface area contributed by atoms with E-state index in [1.54, 1.807) is 39.2 Å². The first kappa shape index (κ1) is 21.3. The van der Waals surface area contributed by atoms with Gasteiger partial charge in [-0.15, -0.1) is 16.3 Å². The van der Waals surface area contributed by atoms with Crippen LogP contribution in [0.4, 0.5) is 4.79 Å². The number of amides is 2. The molecule has 1 spiro atoms. The highest BCUT2D eigenvalue weighted by Gasteiger charge is 2.62. The second-order valence-electron chi connectivity index (χ2n) is 8.73. The average molecular weight is 471 g/mol. The van der Waals surface area contributed by atoms with Gasteiger partial charge in [0.1, 0.15) is 5.60 Å². The number of hydrogen-bond donors (Lipinski definition) is 1. The molecule has 7 nitrogen and oxygen atoms in total. The fourth-order valence-corrected chi connectivity index (χ4v) is 5.63. The van der Waals surface area contributed by atoms with Gasteiger partial charge in [-0.2, -0.15) is 0 Å². The van der Waals surface area contributed by atoms with Gasteiger partial charge in [0.25, 0.3) is 0 Å². The van der Waals surface area contributed by atoms with Gasteiger partial charge in [0.15, 0.2) is 0 Å². The fourth-order valence-electron chi connectivity index (χ4n) is 3.99. The number of halogens is 1. The van der Waals surface area contributed by atoms with Gasteiger partial charge in [-0.25, -0.2) is 4.79 Å². The summed E-state index contributed by atoms with van der Waals surface area (Å²) in [4.78, 5) is 34.6. The number of guanidine groups is 1. The molecule has 28 heavy (non-hydrogen) atoms. The van der Waals surface area contributed by atoms with E-state index >= 15 is 0 Å². The number of aliphatic imine (C=N–C) groups is 1. The summed E-state index contributed by atoms with van der Waals surface area (Å²) in [5.74, 6) is 0.177. The van der Waals surface area contributed by atoms with E-state index in [-0.39, 0.29) is 11.9 Å². The average Bonchev–Trinajstić information content (AvgIpc) is 3.17. The standard InChI is InChI=1S/C19H27BrN4O3S/c1-17(2,3)27-16(26)21-15-22-18(4,13-9-12(20)10-28-13)19(14(25)24(15)6)7-8-23(5)11-19/h9-10H,7-8,11H2,1-6H3,(H,21,22,26)/t18-,19?/m1/s1. The number of hydrogen-bond acceptors (Lipinski definition) is 5. The van der Waals surface area contributed by atoms with Gasteiger partial charge in [0.2, 0.25) is 11.9 Å². The third kappa shape index (κ3) is 3.59. The zero-order chi connectivity index (χ0) is 20.9. The maximum Gasteiger partial charge on any atom is 0.437 e. The van der Waals surface area contributed by atoms with Gasteiger partial charge in [0, 0.05) is 28.3 Å². The number of likely N-dealkylation sites (tertiary alicyclic amines) is 1. The molecule has 0 bridgehead atoms. The van der Waals surface area contributed by atoms with E-state index in [1.807, 2.05) is 25.4 Å². The Morgan fingerprint density at radius 2 is 2.07 bits per heavy atom. The minimum atomic E-state index is -0.719. The van der Waals surface area contributed by atoms with Crippen LogP contribution < -0.4 is 5.32 Å². The third-order valence-electron chi connectivity index (χ3n) is 5.46. The molecule has 1 aromatic heterocycles. The van der Waals surface area contributed by atoms with Crippen LogP contribution in [0.5, 0.6) is 0 Å². The molecule has 1 N–H and O–H groups in total. The number of nitrogens with zero attached hydrogens (tertiary/aromatic N) is 3. The highest BCUT2D eigenvalue weighted by molar-refractivity contribution is 9.10. The van der Waals surface area contributed by atoms with Crippen molar-refractivity contribution in [1.29, 1.82) is 0 Å². The van der Waals surface area contributed by atoms with E-state index < -0.39 is 22.6 Å². The van der Waals surface area contributed by atoms with Crippen LogP contribution in [0, 0.1) is 5.41 Å². The maximum atomic E-state index is 13.6. The van der Waals surface area contributed by atoms with Crippen molar-refractivity contribution < 1.29 is 14.3 Å². The van der Waals surface area contributed by atoms with Gasteiger partial charge in [0.05, 0.1) is 11.0 Å². The summed E-state index contributed by atoms with van der Waals surface area (Å²) in [6, 6.07) is 2.03. The lowest BCUT2D eigenvalue weighted by Crippen LogP contribution is -2.70. The van der Waals surface area contributed by atoms with Gasteiger partial charge < -0.3 is 15.0 Å². The van der Waals surface area contributed by atoms with Crippen molar-refractivity contribution in [2.45, 2.75) is 45.3 Å². The lowest BCUT2D eigenvalue weighted by Gasteiger charge is -2.51. The molecule has 9 heteroatoms. The Morgan fingerprint density at radius 3 is 2.57 bits per heavy atom. The molecule has 154 valence electrons. The van der Waals surface area contributed by atoms with Gasteiger partial charge in [-0.1, -0.05) is 0 Å². The predicted molar refractivity (Wildman–Crippen MR) is 113 cm³/mol. The van der Waals surface area contributed by atoms with Crippen LogP contribution in [0.15, 0.2) is 20.9 Å². The summed E-state index contributed by atoms with van der Waals surface area (Å²) in [6.45, 7) is 8.84. The Labute approximate surface area is 178 Å². The molecule has 2 atom stereocenters. The molecule has 1 aromatic rings. The normalized spacial score (nSPS) is 30.2. The Kier molecular flexibility index (Phi) is 5.40. The fraction of sp³-hybridized carbons (Fsp3) is 0.632. The summed E-state index contributed by atoms with van der Waals surface area (Å²) < 4.78 is 6.29. The third-order valence-corrected chi connectivity index (χ3v) is 7.37. The van der Waals surface area contributed by atoms with Crippen molar-refractivity contribution in [3.05, 3.63) is 20.8 Å². The van der Waals surface area contributed by atoms with E-state index in [1.165, 1.54) is 4.90 Å². The molecular weight excluding hydrogens is 444 g/mol. The lowest BCUT2D eigenvalue weighted by atomic mass is 9.66. The Balaban J connectivity index is 2.06. The molecule has 1 unspecified atom stereocenters. The Hall–Kier alpha value is -1.45. The molecule has 0 aliphatic carbocycles. The molecule has 2 aliphatic heterocycles. The summed E-state index contributed by atoms with van der Waals surface area (Å²) in [5, 5.41) is 5.43. The zero-order valence-corrected chi connectivity index (χ0v) is 19.5. The monoisotopic (exact) mass is 470 g/mol. The van der Waals surface area contributed by atoms with Crippen molar-refractivity contribution in [3.8, 4) is 0 Å². The summed E-state index contributed by atoms with van der Waals surface area (Å²) in [7, 11) is 3.68. The highest BCUT2D eigenvalue weighted by Crippen LogP contribution is 2.51. The molecule has 3 rings (SSSR count). The van der Waals surface area contributed by atoms with Crippen LogP contribution in [-0.2, 0) is 15.1 Å². The smallest absolute Gasteiger partial charge is 0.437 e. The number of carbonyl (C=O) groups is 2. The molecule has 2 amide bonds. The van der Waals surface area contributed by atoms with Crippen LogP contribution in [0.3, 0.4) is 0 Å². The van der Waals surface area contributed by atoms with Crippen molar-refractivity contribution in [3.63, 3.8) is 0 Å². The number of nitrogens with one attached hydrogen (secondary N) is 1. The molecule has 2 fully saturated rings. The molecule has 2 aliphatic rings. The Bertz CT molecular complexity index is 833. The molecular formula is C19H27BrN4O3S. The van der Waals surface area contributed by atoms with Gasteiger partial charge >= 0.3 is 6.09 Å². The van der Waals surface area contributed by atoms with E-state index in [4.69, 9.17) is 4.74 Å². The topological polar surface area (TPSA) is 74.2 Å². The van der Waals surface area contributed by atoms with Crippen molar-refractivity contribution in [2.24, 2.45) is 10.4 Å². The van der Waals surface area contributed by atoms with Crippen LogP contribution in [-0.4, -0.2) is 60.5 Å². The van der Waals surface area contributed by atoms with E-state index in [0.29, 0.717) is 6.54 Å². The van der Waals surface area contributed by atoms with Crippen LogP contribution in [0.2, 0.25) is 0 Å². The van der Waals surface area contributed by atoms with E-state index in [0.717, 1.165) is 22.3 Å². The summed E-state index contributed by atoms with van der Waals surface area (Å²) in [6.07, 6.45) is 0.00893. The Morgan fingerprint density at radius 1 is 1.39 bits per heavy atom. The number of rotatable bonds is 1. The largest absolute Gasteiger partial charge is 0.442 e. The highest BCUT2D eigenvalue weighted by atomic mass is 79.9. The van der Waals surface area contributed by atoms with Crippen molar-refractivity contribution in [1.82, 2.24) is 15.1 Å². The number of ether oxygens (including phenoxy) is 1. The molecule has 0 saturated carbocycles. The molecule has 2 saturated heterocycles. The second kappa shape index (κ2) is 7.11. The second-order valence-corrected chi connectivity index (χ2v) is 10.6. The predicted octanol–water partition coefficient (Wildman–Crippen LogP) is 3.40. The first-order chi connectivity index (χ1) is 12.9. The van der Waals surface area contributed by atoms with Crippen LogP contribution in [0.1, 0.15) is 39.0 Å². The minimum absolute atomic E-state index is 0.0371. The summed E-state index contributed by atoms with van der Waals surface area (Å²) >= 11 is 5.10. The lowest BCUT2D eigenvalue weighted by molar-refractivity contribution is -0.144. The quantitative estimate of drug-likeness (QED) is 0.680. The molecule has 3 heterocycles.